The summed E-state index contributed by atoms with van der Waals surface area (Å²) < 4.78 is 5.08. The van der Waals surface area contributed by atoms with Crippen LogP contribution in [0.15, 0.2) is 18.2 Å². The summed E-state index contributed by atoms with van der Waals surface area (Å²) in [5.41, 5.74) is 9.60. The fraction of sp³-hybridized carbons (Fsp3) is 0.611. The van der Waals surface area contributed by atoms with Gasteiger partial charge in [0.05, 0.1) is 6.61 Å². The van der Waals surface area contributed by atoms with E-state index < -0.39 is 0 Å². The highest BCUT2D eigenvalue weighted by atomic mass is 16.6. The molecular weight excluding hydrogens is 290 g/mol. The second-order valence-electron chi connectivity index (χ2n) is 6.53. The number of fused-ring (bicyclic) bond motifs is 1. The van der Waals surface area contributed by atoms with Crippen molar-refractivity contribution in [2.75, 3.05) is 25.4 Å². The summed E-state index contributed by atoms with van der Waals surface area (Å²) >= 11 is 0. The molecule has 23 heavy (non-hydrogen) atoms. The van der Waals surface area contributed by atoms with Crippen molar-refractivity contribution >= 4 is 11.8 Å². The molecule has 0 spiro atoms. The van der Waals surface area contributed by atoms with E-state index in [9.17, 15) is 4.79 Å². The van der Waals surface area contributed by atoms with Gasteiger partial charge < -0.3 is 20.7 Å². The lowest BCUT2D eigenvalue weighted by Gasteiger charge is -2.36. The number of carbonyl (C=O) groups is 1. The number of rotatable bonds is 3. The lowest BCUT2D eigenvalue weighted by Crippen LogP contribution is -2.46. The van der Waals surface area contributed by atoms with Crippen LogP contribution < -0.4 is 11.1 Å². The molecule has 5 nitrogen and oxygen atoms in total. The second kappa shape index (κ2) is 7.21. The van der Waals surface area contributed by atoms with Crippen LogP contribution in [0.2, 0.25) is 0 Å². The highest BCUT2D eigenvalue weighted by molar-refractivity contribution is 5.67. The number of hydrogen-bond acceptors (Lipinski definition) is 4. The van der Waals surface area contributed by atoms with Crippen LogP contribution in [0.4, 0.5) is 10.5 Å². The number of anilines is 1. The van der Waals surface area contributed by atoms with Crippen molar-refractivity contribution in [1.82, 2.24) is 10.2 Å². The van der Waals surface area contributed by atoms with E-state index in [2.05, 4.69) is 17.4 Å². The van der Waals surface area contributed by atoms with Crippen molar-refractivity contribution in [3.63, 3.8) is 0 Å². The van der Waals surface area contributed by atoms with E-state index in [1.807, 2.05) is 17.9 Å². The number of aryl methyl sites for hydroxylation is 1. The van der Waals surface area contributed by atoms with Crippen molar-refractivity contribution in [3.05, 3.63) is 29.3 Å². The lowest BCUT2D eigenvalue weighted by atomic mass is 9.86. The predicted molar refractivity (Wildman–Crippen MR) is 91.3 cm³/mol. The van der Waals surface area contributed by atoms with Gasteiger partial charge in [0.15, 0.2) is 0 Å². The summed E-state index contributed by atoms with van der Waals surface area (Å²) in [5.74, 6) is 0. The number of hydrogen-bond donors (Lipinski definition) is 2. The molecule has 0 radical (unpaired) electrons. The number of nitrogen functional groups attached to an aromatic ring is 1. The molecule has 1 aromatic carbocycles. The molecule has 1 atom stereocenters. The van der Waals surface area contributed by atoms with Gasteiger partial charge in [-0.05, 0) is 62.3 Å². The molecule has 1 aliphatic carbocycles. The average molecular weight is 317 g/mol. The largest absolute Gasteiger partial charge is 0.450 e. The second-order valence-corrected chi connectivity index (χ2v) is 6.53. The first-order valence-electron chi connectivity index (χ1n) is 8.73. The quantitative estimate of drug-likeness (QED) is 0.841. The number of benzene rings is 1. The Morgan fingerprint density at radius 2 is 2.13 bits per heavy atom. The monoisotopic (exact) mass is 317 g/mol. The van der Waals surface area contributed by atoms with Crippen molar-refractivity contribution in [1.29, 1.82) is 0 Å². The molecule has 1 aromatic rings. The van der Waals surface area contributed by atoms with Crippen LogP contribution in [0, 0.1) is 0 Å². The molecule has 0 aromatic heterocycles. The van der Waals surface area contributed by atoms with Gasteiger partial charge in [0.2, 0.25) is 0 Å². The number of piperidine rings is 1. The lowest BCUT2D eigenvalue weighted by molar-refractivity contribution is 0.0939. The van der Waals surface area contributed by atoms with E-state index in [1.165, 1.54) is 17.5 Å². The van der Waals surface area contributed by atoms with Crippen molar-refractivity contribution in [3.8, 4) is 0 Å². The van der Waals surface area contributed by atoms with Crippen LogP contribution >= 0.6 is 0 Å². The minimum atomic E-state index is -0.179. The van der Waals surface area contributed by atoms with Gasteiger partial charge in [0, 0.05) is 30.9 Å². The third-order valence-corrected chi connectivity index (χ3v) is 4.94. The van der Waals surface area contributed by atoms with Crippen LogP contribution in [0.3, 0.4) is 0 Å². The number of likely N-dealkylation sites (tertiary alicyclic amines) is 1. The molecule has 126 valence electrons. The van der Waals surface area contributed by atoms with Gasteiger partial charge in [-0.1, -0.05) is 6.07 Å². The Kier molecular flexibility index (Phi) is 5.06. The maximum Gasteiger partial charge on any atom is 0.409 e. The van der Waals surface area contributed by atoms with E-state index in [0.29, 0.717) is 18.7 Å². The van der Waals surface area contributed by atoms with Crippen LogP contribution in [0.5, 0.6) is 0 Å². The van der Waals surface area contributed by atoms with Crippen LogP contribution in [-0.2, 0) is 11.2 Å². The standard InChI is InChI=1S/C18H27N3O2/c1-2-23-18(22)21-10-8-15(9-11-21)20-17-5-3-4-13-6-7-14(19)12-16(13)17/h6-7,12,15,17,20H,2-5,8-11,19H2,1H3. The van der Waals surface area contributed by atoms with Crippen molar-refractivity contribution in [2.45, 2.75) is 51.1 Å². The van der Waals surface area contributed by atoms with E-state index in [4.69, 9.17) is 10.5 Å². The summed E-state index contributed by atoms with van der Waals surface area (Å²) in [4.78, 5) is 13.6. The van der Waals surface area contributed by atoms with Gasteiger partial charge in [-0.15, -0.1) is 0 Å². The first kappa shape index (κ1) is 16.1. The molecule has 1 heterocycles. The molecular formula is C18H27N3O2. The molecule has 1 amide bonds. The Hall–Kier alpha value is -1.75. The molecule has 3 rings (SSSR count). The summed E-state index contributed by atoms with van der Waals surface area (Å²) in [5, 5.41) is 3.80. The van der Waals surface area contributed by atoms with E-state index in [0.717, 1.165) is 44.5 Å². The highest BCUT2D eigenvalue weighted by Gasteiger charge is 2.27. The Labute approximate surface area is 138 Å². The summed E-state index contributed by atoms with van der Waals surface area (Å²) in [6.07, 6.45) is 5.31. The minimum Gasteiger partial charge on any atom is -0.450 e. The number of nitrogens with zero attached hydrogens (tertiary/aromatic N) is 1. The molecule has 1 aliphatic heterocycles. The number of carbonyl (C=O) groups excluding carboxylic acids is 1. The van der Waals surface area contributed by atoms with Gasteiger partial charge in [-0.3, -0.25) is 0 Å². The smallest absolute Gasteiger partial charge is 0.409 e. The Balaban J connectivity index is 1.58. The number of nitrogens with two attached hydrogens (primary N) is 1. The van der Waals surface area contributed by atoms with E-state index in [1.54, 1.807) is 0 Å². The topological polar surface area (TPSA) is 67.6 Å². The first-order valence-corrected chi connectivity index (χ1v) is 8.73. The fourth-order valence-electron chi connectivity index (χ4n) is 3.72. The third kappa shape index (κ3) is 3.78. The molecule has 1 fully saturated rings. The van der Waals surface area contributed by atoms with Gasteiger partial charge in [-0.2, -0.15) is 0 Å². The maximum absolute atomic E-state index is 11.8. The van der Waals surface area contributed by atoms with Gasteiger partial charge >= 0.3 is 6.09 Å². The van der Waals surface area contributed by atoms with E-state index in [-0.39, 0.29) is 6.09 Å². The minimum absolute atomic E-state index is 0.179. The zero-order chi connectivity index (χ0) is 16.2. The normalized spacial score (nSPS) is 21.8. The molecule has 2 aliphatic rings. The predicted octanol–water partition coefficient (Wildman–Crippen LogP) is 2.86. The van der Waals surface area contributed by atoms with E-state index >= 15 is 0 Å². The SMILES string of the molecule is CCOC(=O)N1CCC(NC2CCCc3ccc(N)cc32)CC1. The van der Waals surface area contributed by atoms with Crippen LogP contribution in [0.25, 0.3) is 0 Å². The van der Waals surface area contributed by atoms with Crippen LogP contribution in [-0.4, -0.2) is 36.7 Å². The summed E-state index contributed by atoms with van der Waals surface area (Å²) in [7, 11) is 0. The molecule has 0 bridgehead atoms. The maximum atomic E-state index is 11.8. The Morgan fingerprint density at radius 3 is 2.87 bits per heavy atom. The third-order valence-electron chi connectivity index (χ3n) is 4.94. The fourth-order valence-corrected chi connectivity index (χ4v) is 3.72. The Bertz CT molecular complexity index is 553. The zero-order valence-electron chi connectivity index (χ0n) is 13.9. The van der Waals surface area contributed by atoms with Gasteiger partial charge in [-0.25, -0.2) is 4.79 Å². The van der Waals surface area contributed by atoms with Gasteiger partial charge in [0.25, 0.3) is 0 Å². The summed E-state index contributed by atoms with van der Waals surface area (Å²) in [6, 6.07) is 7.14. The molecule has 1 unspecified atom stereocenters. The number of ether oxygens (including phenoxy) is 1. The number of nitrogens with one attached hydrogen (secondary N) is 1. The Morgan fingerprint density at radius 1 is 1.35 bits per heavy atom. The molecule has 3 N–H and O–H groups in total. The average Bonchev–Trinajstić information content (AvgIpc) is 2.56. The highest BCUT2D eigenvalue weighted by Crippen LogP contribution is 2.32. The molecule has 0 saturated carbocycles. The first-order chi connectivity index (χ1) is 11.2. The van der Waals surface area contributed by atoms with Crippen molar-refractivity contribution < 1.29 is 9.53 Å². The molecule has 1 saturated heterocycles. The van der Waals surface area contributed by atoms with Gasteiger partial charge in [0.1, 0.15) is 0 Å². The van der Waals surface area contributed by atoms with Crippen molar-refractivity contribution in [2.24, 2.45) is 0 Å². The van der Waals surface area contributed by atoms with Crippen LogP contribution in [0.1, 0.15) is 49.8 Å². The number of amides is 1. The molecule has 5 heteroatoms. The summed E-state index contributed by atoms with van der Waals surface area (Å²) in [6.45, 7) is 3.83. The zero-order valence-corrected chi connectivity index (χ0v) is 13.9.